The zero-order chi connectivity index (χ0) is 22.6. The molecule has 0 spiro atoms. The number of methoxy groups -OCH3 is 1. The molecule has 0 aliphatic carbocycles. The van der Waals surface area contributed by atoms with Crippen molar-refractivity contribution in [3.05, 3.63) is 65.2 Å². The summed E-state index contributed by atoms with van der Waals surface area (Å²) in [4.78, 5) is 25.9. The minimum absolute atomic E-state index is 0.205. The Bertz CT molecular complexity index is 867. The summed E-state index contributed by atoms with van der Waals surface area (Å²) in [5.74, 6) is -0.753. The Kier molecular flexibility index (Phi) is 9.93. The Labute approximate surface area is 188 Å². The number of aliphatic carboxylic acids is 1. The van der Waals surface area contributed by atoms with Crippen molar-refractivity contribution in [3.63, 3.8) is 0 Å². The Morgan fingerprint density at radius 1 is 1.19 bits per heavy atom. The Balaban J connectivity index is 0.000000357. The van der Waals surface area contributed by atoms with Gasteiger partial charge in [0.25, 0.3) is 5.91 Å². The molecule has 1 aliphatic heterocycles. The number of carbonyl (C=O) groups is 2. The summed E-state index contributed by atoms with van der Waals surface area (Å²) in [5, 5.41) is 15.2. The van der Waals surface area contributed by atoms with Gasteiger partial charge in [-0.25, -0.2) is 4.79 Å². The first-order chi connectivity index (χ1) is 14.9. The summed E-state index contributed by atoms with van der Waals surface area (Å²) in [5.41, 5.74) is 3.83. The lowest BCUT2D eigenvalue weighted by atomic mass is 10.0. The molecule has 2 aromatic rings. The van der Waals surface area contributed by atoms with Crippen molar-refractivity contribution in [2.24, 2.45) is 0 Å². The van der Waals surface area contributed by atoms with Crippen LogP contribution in [0, 0.1) is 6.92 Å². The van der Waals surface area contributed by atoms with Gasteiger partial charge in [0.15, 0.2) is 0 Å². The third kappa shape index (κ3) is 7.99. The van der Waals surface area contributed by atoms with E-state index < -0.39 is 12.0 Å². The van der Waals surface area contributed by atoms with Crippen molar-refractivity contribution in [2.45, 2.75) is 19.4 Å². The molecule has 1 aliphatic rings. The van der Waals surface area contributed by atoms with Gasteiger partial charge in [-0.15, -0.1) is 0 Å². The largest absolute Gasteiger partial charge is 0.497 e. The van der Waals surface area contributed by atoms with Gasteiger partial charge >= 0.3 is 5.97 Å². The van der Waals surface area contributed by atoms with E-state index in [0.29, 0.717) is 11.3 Å². The molecule has 3 N–H and O–H groups in total. The standard InChI is InChI=1S/C18H19NO4.C5H10N2S/c1-12-5-3-4-6-15(12)17(20)19-16(18(21)22)11-13-7-9-14(23-2)10-8-13;8-5-7-3-1-6-2-4-7/h3-10,16H,11H2,1-2H3,(H,19,20)(H,21,22);5-6H,1-4H2. The number of rotatable bonds is 7. The highest BCUT2D eigenvalue weighted by Crippen LogP contribution is 2.13. The van der Waals surface area contributed by atoms with Crippen LogP contribution in [-0.2, 0) is 11.2 Å². The molecule has 7 nitrogen and oxygen atoms in total. The Morgan fingerprint density at radius 2 is 1.84 bits per heavy atom. The number of carboxylic acid groups (broad SMARTS) is 1. The fraction of sp³-hybridized carbons (Fsp3) is 0.348. The first-order valence-electron chi connectivity index (χ1n) is 10.1. The smallest absolute Gasteiger partial charge is 0.326 e. The van der Waals surface area contributed by atoms with Crippen molar-refractivity contribution < 1.29 is 19.4 Å². The molecule has 1 fully saturated rings. The van der Waals surface area contributed by atoms with Gasteiger partial charge < -0.3 is 25.4 Å². The second kappa shape index (κ2) is 12.7. The van der Waals surface area contributed by atoms with Crippen molar-refractivity contribution in [2.75, 3.05) is 33.3 Å². The Hall–Kier alpha value is -2.97. The van der Waals surface area contributed by atoms with Crippen LogP contribution in [0.25, 0.3) is 0 Å². The van der Waals surface area contributed by atoms with Crippen LogP contribution in [0.5, 0.6) is 5.75 Å². The molecule has 0 saturated carbocycles. The van der Waals surface area contributed by atoms with Crippen LogP contribution in [0.15, 0.2) is 48.5 Å². The normalized spacial score (nSPS) is 13.9. The average Bonchev–Trinajstić information content (AvgIpc) is 2.80. The summed E-state index contributed by atoms with van der Waals surface area (Å²) in [6.07, 6.45) is 0.205. The predicted molar refractivity (Wildman–Crippen MR) is 125 cm³/mol. The molecule has 2 aromatic carbocycles. The maximum absolute atomic E-state index is 12.3. The van der Waals surface area contributed by atoms with Crippen LogP contribution in [-0.4, -0.2) is 66.7 Å². The second-order valence-electron chi connectivity index (χ2n) is 7.12. The van der Waals surface area contributed by atoms with E-state index in [1.54, 1.807) is 49.0 Å². The van der Waals surface area contributed by atoms with Crippen LogP contribution < -0.4 is 15.4 Å². The first kappa shape index (κ1) is 24.3. The monoisotopic (exact) mass is 443 g/mol. The molecule has 0 aromatic heterocycles. The number of carboxylic acids is 1. The maximum atomic E-state index is 12.3. The van der Waals surface area contributed by atoms with Gasteiger partial charge in [0.1, 0.15) is 11.8 Å². The average molecular weight is 444 g/mol. The van der Waals surface area contributed by atoms with Crippen molar-refractivity contribution in [3.8, 4) is 5.75 Å². The number of nitrogens with one attached hydrogen (secondary N) is 2. The van der Waals surface area contributed by atoms with E-state index in [0.717, 1.165) is 37.3 Å². The number of benzene rings is 2. The molecule has 0 radical (unpaired) electrons. The van der Waals surface area contributed by atoms with Gasteiger partial charge in [-0.1, -0.05) is 42.5 Å². The molecule has 1 amide bonds. The molecule has 166 valence electrons. The number of hydrogen-bond donors (Lipinski definition) is 3. The topological polar surface area (TPSA) is 90.9 Å². The third-order valence-corrected chi connectivity index (χ3v) is 5.19. The highest BCUT2D eigenvalue weighted by molar-refractivity contribution is 7.78. The van der Waals surface area contributed by atoms with E-state index in [4.69, 9.17) is 17.0 Å². The lowest BCUT2D eigenvalue weighted by molar-refractivity contribution is -0.139. The molecule has 3 rings (SSSR count). The first-order valence-corrected chi connectivity index (χ1v) is 10.5. The van der Waals surface area contributed by atoms with Crippen molar-refractivity contribution >= 4 is 29.6 Å². The number of amides is 1. The van der Waals surface area contributed by atoms with Crippen molar-refractivity contribution in [1.82, 2.24) is 15.5 Å². The van der Waals surface area contributed by atoms with E-state index in [-0.39, 0.29) is 12.3 Å². The van der Waals surface area contributed by atoms with Crippen LogP contribution in [0.3, 0.4) is 0 Å². The van der Waals surface area contributed by atoms with Crippen LogP contribution in [0.4, 0.5) is 0 Å². The molecule has 1 heterocycles. The van der Waals surface area contributed by atoms with E-state index >= 15 is 0 Å². The number of thiocarbonyl (C=S) groups is 1. The predicted octanol–water partition coefficient (Wildman–Crippen LogP) is 2.28. The molecule has 1 atom stereocenters. The third-order valence-electron chi connectivity index (χ3n) is 4.89. The SMILES string of the molecule is COc1ccc(CC(NC(=O)c2ccccc2C)C(=O)O)cc1.S=CN1CCNCC1. The number of nitrogens with zero attached hydrogens (tertiary/aromatic N) is 1. The summed E-state index contributed by atoms with van der Waals surface area (Å²) >= 11 is 4.75. The summed E-state index contributed by atoms with van der Waals surface area (Å²) in [6.45, 7) is 6.11. The van der Waals surface area contributed by atoms with E-state index in [1.807, 2.05) is 19.1 Å². The second-order valence-corrected chi connectivity index (χ2v) is 7.33. The minimum Gasteiger partial charge on any atom is -0.497 e. The van der Waals surface area contributed by atoms with E-state index in [2.05, 4.69) is 15.5 Å². The number of ether oxygens (including phenoxy) is 1. The molecule has 31 heavy (non-hydrogen) atoms. The number of hydrogen-bond acceptors (Lipinski definition) is 5. The van der Waals surface area contributed by atoms with Crippen molar-refractivity contribution in [1.29, 1.82) is 0 Å². The van der Waals surface area contributed by atoms with E-state index in [1.165, 1.54) is 0 Å². The van der Waals surface area contributed by atoms with Crippen LogP contribution in [0.2, 0.25) is 0 Å². The number of piperazine rings is 1. The molecule has 1 unspecified atom stereocenters. The fourth-order valence-electron chi connectivity index (χ4n) is 3.05. The van der Waals surface area contributed by atoms with Gasteiger partial charge in [-0.3, -0.25) is 4.79 Å². The maximum Gasteiger partial charge on any atom is 0.326 e. The summed E-state index contributed by atoms with van der Waals surface area (Å²) in [6, 6.07) is 13.2. The summed E-state index contributed by atoms with van der Waals surface area (Å²) < 4.78 is 5.07. The van der Waals surface area contributed by atoms with Gasteiger partial charge in [0.05, 0.1) is 12.6 Å². The lowest BCUT2D eigenvalue weighted by Crippen LogP contribution is -2.42. The molecule has 0 bridgehead atoms. The van der Waals surface area contributed by atoms with E-state index in [9.17, 15) is 14.7 Å². The lowest BCUT2D eigenvalue weighted by Gasteiger charge is -2.24. The molecular formula is C23H29N3O4S. The van der Waals surface area contributed by atoms with Crippen LogP contribution >= 0.6 is 12.2 Å². The van der Waals surface area contributed by atoms with Crippen LogP contribution in [0.1, 0.15) is 21.5 Å². The van der Waals surface area contributed by atoms with Gasteiger partial charge in [0, 0.05) is 38.2 Å². The quantitative estimate of drug-likeness (QED) is 0.566. The Morgan fingerprint density at radius 3 is 2.35 bits per heavy atom. The molecule has 8 heteroatoms. The summed E-state index contributed by atoms with van der Waals surface area (Å²) in [7, 11) is 1.57. The highest BCUT2D eigenvalue weighted by Gasteiger charge is 2.21. The molecule has 1 saturated heterocycles. The zero-order valence-corrected chi connectivity index (χ0v) is 18.7. The fourth-order valence-corrected chi connectivity index (χ4v) is 3.26. The van der Waals surface area contributed by atoms with Gasteiger partial charge in [0.2, 0.25) is 0 Å². The number of carbonyl (C=O) groups excluding carboxylic acids is 1. The zero-order valence-electron chi connectivity index (χ0n) is 17.8. The number of aryl methyl sites for hydroxylation is 1. The van der Waals surface area contributed by atoms with Gasteiger partial charge in [-0.05, 0) is 36.2 Å². The highest BCUT2D eigenvalue weighted by atomic mass is 32.1. The minimum atomic E-state index is -1.07. The molecular weight excluding hydrogens is 414 g/mol. The van der Waals surface area contributed by atoms with Gasteiger partial charge in [-0.2, -0.15) is 0 Å².